The van der Waals surface area contributed by atoms with E-state index in [1.54, 1.807) is 31.2 Å². The number of carbonyl (C=O) groups excluding carboxylic acids is 1. The second kappa shape index (κ2) is 6.59. The molecule has 5 heteroatoms. The number of halogens is 2. The number of hydrogen-bond acceptors (Lipinski definition) is 3. The summed E-state index contributed by atoms with van der Waals surface area (Å²) >= 11 is 5.93. The minimum absolute atomic E-state index is 0.00500. The molecule has 2 rings (SSSR count). The molecule has 0 heterocycles. The SMILES string of the molecule is CCC(=O)c1ccc(OCc2c(F)cccc2Cl)c(N)c1. The van der Waals surface area contributed by atoms with E-state index in [-0.39, 0.29) is 18.0 Å². The zero-order chi connectivity index (χ0) is 15.4. The second-order valence-corrected chi connectivity index (χ2v) is 4.93. The molecule has 21 heavy (non-hydrogen) atoms. The Balaban J connectivity index is 2.16. The van der Waals surface area contributed by atoms with Crippen LogP contribution in [0, 0.1) is 5.82 Å². The molecular weight excluding hydrogens is 293 g/mol. The highest BCUT2D eigenvalue weighted by molar-refractivity contribution is 6.31. The monoisotopic (exact) mass is 307 g/mol. The lowest BCUT2D eigenvalue weighted by Gasteiger charge is -2.11. The van der Waals surface area contributed by atoms with Crippen molar-refractivity contribution in [3.63, 3.8) is 0 Å². The summed E-state index contributed by atoms with van der Waals surface area (Å²) in [7, 11) is 0. The number of anilines is 1. The number of Topliss-reactive ketones (excluding diaryl/α,β-unsaturated/α-hetero) is 1. The number of ether oxygens (including phenoxy) is 1. The number of ketones is 1. The molecule has 0 bridgehead atoms. The van der Waals surface area contributed by atoms with E-state index >= 15 is 0 Å². The first kappa shape index (κ1) is 15.3. The maximum atomic E-state index is 13.6. The van der Waals surface area contributed by atoms with Crippen LogP contribution in [0.1, 0.15) is 29.3 Å². The minimum atomic E-state index is -0.432. The molecular formula is C16H15ClFNO2. The van der Waals surface area contributed by atoms with Crippen LogP contribution in [0.25, 0.3) is 0 Å². The van der Waals surface area contributed by atoms with Crippen LogP contribution in [0.4, 0.5) is 10.1 Å². The van der Waals surface area contributed by atoms with Gasteiger partial charge in [-0.2, -0.15) is 0 Å². The van der Waals surface area contributed by atoms with Gasteiger partial charge in [-0.05, 0) is 30.3 Å². The zero-order valence-corrected chi connectivity index (χ0v) is 12.3. The van der Waals surface area contributed by atoms with Crippen LogP contribution in [0.2, 0.25) is 5.02 Å². The molecule has 0 spiro atoms. The molecule has 2 N–H and O–H groups in total. The molecule has 0 aromatic heterocycles. The summed E-state index contributed by atoms with van der Waals surface area (Å²) in [6, 6.07) is 9.24. The van der Waals surface area contributed by atoms with Gasteiger partial charge in [-0.1, -0.05) is 24.6 Å². The standard InChI is InChI=1S/C16H15ClFNO2/c1-2-15(20)10-6-7-16(14(19)8-10)21-9-11-12(17)4-3-5-13(11)18/h3-8H,2,9,19H2,1H3. The summed E-state index contributed by atoms with van der Waals surface area (Å²) in [6.45, 7) is 1.75. The fourth-order valence-electron chi connectivity index (χ4n) is 1.88. The van der Waals surface area contributed by atoms with Gasteiger partial charge in [-0.15, -0.1) is 0 Å². The van der Waals surface area contributed by atoms with E-state index in [1.807, 2.05) is 0 Å². The maximum Gasteiger partial charge on any atom is 0.162 e. The second-order valence-electron chi connectivity index (χ2n) is 4.52. The van der Waals surface area contributed by atoms with Crippen molar-refractivity contribution in [1.29, 1.82) is 0 Å². The molecule has 0 amide bonds. The van der Waals surface area contributed by atoms with Crippen LogP contribution in [-0.2, 0) is 6.61 Å². The van der Waals surface area contributed by atoms with Crippen molar-refractivity contribution < 1.29 is 13.9 Å². The summed E-state index contributed by atoms with van der Waals surface area (Å²) in [5.41, 5.74) is 6.99. The van der Waals surface area contributed by atoms with Gasteiger partial charge in [0, 0.05) is 17.5 Å². The third kappa shape index (κ3) is 3.52. The molecule has 0 saturated carbocycles. The molecule has 0 fully saturated rings. The van der Waals surface area contributed by atoms with Crippen molar-refractivity contribution in [2.45, 2.75) is 20.0 Å². The van der Waals surface area contributed by atoms with Crippen LogP contribution >= 0.6 is 11.6 Å². The van der Waals surface area contributed by atoms with Gasteiger partial charge in [-0.25, -0.2) is 4.39 Å². The molecule has 2 aromatic carbocycles. The molecule has 0 aliphatic rings. The van der Waals surface area contributed by atoms with Crippen molar-refractivity contribution in [2.24, 2.45) is 0 Å². The average molecular weight is 308 g/mol. The number of rotatable bonds is 5. The number of nitrogen functional groups attached to an aromatic ring is 1. The van der Waals surface area contributed by atoms with Crippen molar-refractivity contribution in [1.82, 2.24) is 0 Å². The van der Waals surface area contributed by atoms with Gasteiger partial charge < -0.3 is 10.5 Å². The zero-order valence-electron chi connectivity index (χ0n) is 11.5. The summed E-state index contributed by atoms with van der Waals surface area (Å²) < 4.78 is 19.1. The van der Waals surface area contributed by atoms with E-state index in [1.165, 1.54) is 12.1 Å². The lowest BCUT2D eigenvalue weighted by atomic mass is 10.1. The quantitative estimate of drug-likeness (QED) is 0.664. The Bertz CT molecular complexity index is 653. The average Bonchev–Trinajstić information content (AvgIpc) is 2.47. The first-order chi connectivity index (χ1) is 10.0. The predicted octanol–water partition coefficient (Wildman–Crippen LogP) is 4.23. The number of hydrogen-bond donors (Lipinski definition) is 1. The fourth-order valence-corrected chi connectivity index (χ4v) is 2.10. The van der Waals surface area contributed by atoms with Crippen LogP contribution in [0.3, 0.4) is 0 Å². The third-order valence-electron chi connectivity index (χ3n) is 3.09. The summed E-state index contributed by atoms with van der Waals surface area (Å²) in [5.74, 6) is -0.0359. The largest absolute Gasteiger partial charge is 0.487 e. The van der Waals surface area contributed by atoms with Gasteiger partial charge in [0.05, 0.1) is 10.7 Å². The van der Waals surface area contributed by atoms with Gasteiger partial charge in [0.25, 0.3) is 0 Å². The van der Waals surface area contributed by atoms with E-state index in [9.17, 15) is 9.18 Å². The molecule has 0 unspecified atom stereocenters. The normalized spacial score (nSPS) is 10.4. The van der Waals surface area contributed by atoms with E-state index in [0.717, 1.165) is 0 Å². The molecule has 3 nitrogen and oxygen atoms in total. The maximum absolute atomic E-state index is 13.6. The third-order valence-corrected chi connectivity index (χ3v) is 3.44. The van der Waals surface area contributed by atoms with Crippen molar-refractivity contribution in [3.05, 3.63) is 58.4 Å². The first-order valence-electron chi connectivity index (χ1n) is 6.51. The molecule has 2 aromatic rings. The van der Waals surface area contributed by atoms with E-state index in [0.29, 0.717) is 28.4 Å². The number of carbonyl (C=O) groups is 1. The Kier molecular flexibility index (Phi) is 4.81. The highest BCUT2D eigenvalue weighted by Gasteiger charge is 2.10. The first-order valence-corrected chi connectivity index (χ1v) is 6.89. The minimum Gasteiger partial charge on any atom is -0.487 e. The molecule has 110 valence electrons. The number of benzene rings is 2. The smallest absolute Gasteiger partial charge is 0.162 e. The van der Waals surface area contributed by atoms with Crippen LogP contribution in [-0.4, -0.2) is 5.78 Å². The molecule has 0 saturated heterocycles. The Morgan fingerprint density at radius 3 is 2.71 bits per heavy atom. The molecule has 0 radical (unpaired) electrons. The van der Waals surface area contributed by atoms with E-state index < -0.39 is 5.82 Å². The molecule has 0 aliphatic heterocycles. The lowest BCUT2D eigenvalue weighted by Crippen LogP contribution is -2.03. The van der Waals surface area contributed by atoms with Gasteiger partial charge in [-0.3, -0.25) is 4.79 Å². The van der Waals surface area contributed by atoms with Crippen molar-refractivity contribution in [3.8, 4) is 5.75 Å². The van der Waals surface area contributed by atoms with Crippen LogP contribution in [0.15, 0.2) is 36.4 Å². The Hall–Kier alpha value is -2.07. The van der Waals surface area contributed by atoms with E-state index in [2.05, 4.69) is 0 Å². The van der Waals surface area contributed by atoms with Gasteiger partial charge in [0.2, 0.25) is 0 Å². The van der Waals surface area contributed by atoms with Gasteiger partial charge in [0.15, 0.2) is 5.78 Å². The van der Waals surface area contributed by atoms with E-state index in [4.69, 9.17) is 22.1 Å². The van der Waals surface area contributed by atoms with Gasteiger partial charge >= 0.3 is 0 Å². The lowest BCUT2D eigenvalue weighted by molar-refractivity contribution is 0.0988. The Morgan fingerprint density at radius 1 is 1.33 bits per heavy atom. The van der Waals surface area contributed by atoms with Crippen LogP contribution in [0.5, 0.6) is 5.75 Å². The number of nitrogens with two attached hydrogens (primary N) is 1. The van der Waals surface area contributed by atoms with Crippen LogP contribution < -0.4 is 10.5 Å². The van der Waals surface area contributed by atoms with Crippen molar-refractivity contribution >= 4 is 23.1 Å². The topological polar surface area (TPSA) is 52.3 Å². The highest BCUT2D eigenvalue weighted by atomic mass is 35.5. The van der Waals surface area contributed by atoms with Crippen molar-refractivity contribution in [2.75, 3.05) is 5.73 Å². The summed E-state index contributed by atoms with van der Waals surface area (Å²) in [4.78, 5) is 11.6. The Morgan fingerprint density at radius 2 is 2.10 bits per heavy atom. The fraction of sp³-hybridized carbons (Fsp3) is 0.188. The molecule has 0 aliphatic carbocycles. The highest BCUT2D eigenvalue weighted by Crippen LogP contribution is 2.26. The molecule has 0 atom stereocenters. The van der Waals surface area contributed by atoms with Gasteiger partial charge in [0.1, 0.15) is 18.2 Å². The summed E-state index contributed by atoms with van der Waals surface area (Å²) in [5, 5.41) is 0.298. The Labute approximate surface area is 127 Å². The summed E-state index contributed by atoms with van der Waals surface area (Å²) in [6.07, 6.45) is 0.407. The predicted molar refractivity (Wildman–Crippen MR) is 81.2 cm³/mol.